The highest BCUT2D eigenvalue weighted by molar-refractivity contribution is 5.80. The maximum absolute atomic E-state index is 13.1. The predicted molar refractivity (Wildman–Crippen MR) is 118 cm³/mol. The minimum atomic E-state index is -0.0765. The van der Waals surface area contributed by atoms with Crippen molar-refractivity contribution in [3.05, 3.63) is 53.1 Å². The summed E-state index contributed by atoms with van der Waals surface area (Å²) in [4.78, 5) is 14.5. The van der Waals surface area contributed by atoms with E-state index in [4.69, 9.17) is 18.9 Å². The van der Waals surface area contributed by atoms with E-state index < -0.39 is 0 Å². The first-order chi connectivity index (χ1) is 15.0. The van der Waals surface area contributed by atoms with E-state index in [1.807, 2.05) is 6.07 Å². The van der Waals surface area contributed by atoms with Crippen LogP contribution in [0.3, 0.4) is 0 Å². The quantitative estimate of drug-likeness (QED) is 0.630. The second-order valence-electron chi connectivity index (χ2n) is 7.77. The van der Waals surface area contributed by atoms with E-state index >= 15 is 0 Å². The molecule has 2 N–H and O–H groups in total. The van der Waals surface area contributed by atoms with Gasteiger partial charge in [-0.2, -0.15) is 0 Å². The molecule has 0 saturated carbocycles. The Kier molecular flexibility index (Phi) is 8.14. The Morgan fingerprint density at radius 2 is 1.68 bits per heavy atom. The number of benzene rings is 2. The van der Waals surface area contributed by atoms with Crippen LogP contribution in [0.4, 0.5) is 0 Å². The minimum absolute atomic E-state index is 0.0660. The first-order valence-electron chi connectivity index (χ1n) is 10.6. The molecular formula is C24H33N2O5+. The molecule has 1 atom stereocenters. The molecule has 3 rings (SSSR count). The molecule has 1 saturated heterocycles. The fraction of sp³-hybridized carbons (Fsp3) is 0.458. The van der Waals surface area contributed by atoms with E-state index in [-0.39, 0.29) is 18.4 Å². The van der Waals surface area contributed by atoms with Crippen molar-refractivity contribution in [2.24, 2.45) is 0 Å². The van der Waals surface area contributed by atoms with Gasteiger partial charge in [0.15, 0.2) is 11.5 Å². The Balaban J connectivity index is 1.77. The van der Waals surface area contributed by atoms with Gasteiger partial charge >= 0.3 is 0 Å². The molecule has 1 heterocycles. The zero-order valence-electron chi connectivity index (χ0n) is 18.8. The van der Waals surface area contributed by atoms with E-state index in [9.17, 15) is 4.79 Å². The molecule has 0 unspecified atom stereocenters. The highest BCUT2D eigenvalue weighted by Crippen LogP contribution is 2.39. The molecule has 1 fully saturated rings. The number of nitrogens with one attached hydrogen (secondary N) is 2. The van der Waals surface area contributed by atoms with E-state index in [0.717, 1.165) is 44.0 Å². The average molecular weight is 430 g/mol. The van der Waals surface area contributed by atoms with Crippen molar-refractivity contribution in [1.82, 2.24) is 5.32 Å². The summed E-state index contributed by atoms with van der Waals surface area (Å²) in [5.74, 6) is 1.51. The Morgan fingerprint density at radius 3 is 2.29 bits per heavy atom. The number of aryl methyl sites for hydroxylation is 1. The summed E-state index contributed by atoms with van der Waals surface area (Å²) in [5.41, 5.74) is 3.05. The van der Waals surface area contributed by atoms with Crippen molar-refractivity contribution in [2.45, 2.75) is 19.4 Å². The molecule has 168 valence electrons. The Labute approximate surface area is 184 Å². The minimum Gasteiger partial charge on any atom is -0.493 e. The number of carbonyl (C=O) groups excluding carboxylic acids is 1. The fourth-order valence-electron chi connectivity index (χ4n) is 3.92. The summed E-state index contributed by atoms with van der Waals surface area (Å²) in [6, 6.07) is 11.9. The highest BCUT2D eigenvalue weighted by Gasteiger charge is 2.24. The van der Waals surface area contributed by atoms with Crippen LogP contribution in [-0.4, -0.2) is 60.1 Å². The van der Waals surface area contributed by atoms with Crippen molar-refractivity contribution < 1.29 is 28.6 Å². The number of amides is 1. The van der Waals surface area contributed by atoms with Gasteiger partial charge in [-0.3, -0.25) is 4.79 Å². The summed E-state index contributed by atoms with van der Waals surface area (Å²) in [7, 11) is 4.70. The number of hydrogen-bond donors (Lipinski definition) is 2. The molecule has 7 nitrogen and oxygen atoms in total. The van der Waals surface area contributed by atoms with Crippen LogP contribution in [0.25, 0.3) is 0 Å². The number of methoxy groups -OCH3 is 3. The fourth-order valence-corrected chi connectivity index (χ4v) is 3.92. The van der Waals surface area contributed by atoms with Crippen LogP contribution in [0, 0.1) is 6.92 Å². The molecule has 1 aliphatic rings. The third-order valence-corrected chi connectivity index (χ3v) is 5.64. The molecule has 0 radical (unpaired) electrons. The molecule has 1 amide bonds. The van der Waals surface area contributed by atoms with Gasteiger partial charge in [0, 0.05) is 5.56 Å². The molecule has 2 aromatic rings. The highest BCUT2D eigenvalue weighted by atomic mass is 16.5. The summed E-state index contributed by atoms with van der Waals surface area (Å²) in [6.45, 7) is 6.29. The largest absolute Gasteiger partial charge is 0.493 e. The third kappa shape index (κ3) is 5.89. The maximum atomic E-state index is 13.1. The smallest absolute Gasteiger partial charge is 0.225 e. The average Bonchev–Trinajstić information content (AvgIpc) is 2.79. The topological polar surface area (TPSA) is 70.5 Å². The van der Waals surface area contributed by atoms with Gasteiger partial charge in [0.2, 0.25) is 11.7 Å². The molecule has 0 bridgehead atoms. The zero-order valence-corrected chi connectivity index (χ0v) is 18.8. The lowest BCUT2D eigenvalue weighted by molar-refractivity contribution is -0.909. The number of ether oxygens (including phenoxy) is 4. The number of carbonyl (C=O) groups is 1. The number of hydrogen-bond acceptors (Lipinski definition) is 5. The van der Waals surface area contributed by atoms with Crippen LogP contribution in [0.2, 0.25) is 0 Å². The number of rotatable bonds is 9. The second-order valence-corrected chi connectivity index (χ2v) is 7.77. The third-order valence-electron chi connectivity index (χ3n) is 5.64. The van der Waals surface area contributed by atoms with Gasteiger partial charge in [0.05, 0.1) is 41.0 Å². The summed E-state index contributed by atoms with van der Waals surface area (Å²) < 4.78 is 21.8. The van der Waals surface area contributed by atoms with Gasteiger partial charge in [-0.05, 0) is 18.6 Å². The lowest BCUT2D eigenvalue weighted by Crippen LogP contribution is -3.14. The Bertz CT molecular complexity index is 863. The van der Waals surface area contributed by atoms with Crippen molar-refractivity contribution in [2.75, 3.05) is 54.2 Å². The molecule has 0 aromatic heterocycles. The number of morpholine rings is 1. The van der Waals surface area contributed by atoms with Gasteiger partial charge in [-0.1, -0.05) is 35.9 Å². The van der Waals surface area contributed by atoms with E-state index in [2.05, 4.69) is 36.5 Å². The predicted octanol–water partition coefficient (Wildman–Crippen LogP) is 1.34. The Hall–Kier alpha value is -2.77. The Morgan fingerprint density at radius 1 is 1.00 bits per heavy atom. The van der Waals surface area contributed by atoms with Gasteiger partial charge in [0.25, 0.3) is 0 Å². The monoisotopic (exact) mass is 429 g/mol. The van der Waals surface area contributed by atoms with Crippen molar-refractivity contribution in [3.63, 3.8) is 0 Å². The van der Waals surface area contributed by atoms with Crippen LogP contribution < -0.4 is 24.4 Å². The molecule has 0 spiro atoms. The van der Waals surface area contributed by atoms with Crippen LogP contribution in [0.5, 0.6) is 17.2 Å². The molecule has 2 aromatic carbocycles. The summed E-state index contributed by atoms with van der Waals surface area (Å²) in [5, 5.41) is 3.24. The van der Waals surface area contributed by atoms with Crippen LogP contribution in [0.1, 0.15) is 22.7 Å². The van der Waals surface area contributed by atoms with Crippen LogP contribution >= 0.6 is 0 Å². The first kappa shape index (κ1) is 22.9. The van der Waals surface area contributed by atoms with E-state index in [1.165, 1.54) is 10.5 Å². The SMILES string of the molecule is COc1ccc(CC(=O)N[C@@H](C[NH+]2CCOCC2)c2ccc(C)cc2)c(OC)c1OC. The lowest BCUT2D eigenvalue weighted by Gasteiger charge is -2.28. The molecule has 1 aliphatic heterocycles. The van der Waals surface area contributed by atoms with Gasteiger partial charge in [0.1, 0.15) is 25.7 Å². The summed E-state index contributed by atoms with van der Waals surface area (Å²) in [6.07, 6.45) is 0.185. The normalized spacial score (nSPS) is 15.2. The van der Waals surface area contributed by atoms with Gasteiger partial charge in [-0.25, -0.2) is 0 Å². The van der Waals surface area contributed by atoms with Crippen molar-refractivity contribution in [1.29, 1.82) is 0 Å². The van der Waals surface area contributed by atoms with E-state index in [1.54, 1.807) is 27.4 Å². The molecule has 0 aliphatic carbocycles. The van der Waals surface area contributed by atoms with Gasteiger partial charge < -0.3 is 29.2 Å². The first-order valence-corrected chi connectivity index (χ1v) is 10.6. The van der Waals surface area contributed by atoms with Gasteiger partial charge in [-0.15, -0.1) is 0 Å². The number of quaternary nitrogens is 1. The standard InChI is InChI=1S/C24H32N2O5/c1-17-5-7-18(8-6-17)20(16-26-11-13-31-14-12-26)25-22(27)15-19-9-10-21(28-2)24(30-4)23(19)29-3/h5-10,20H,11-16H2,1-4H3,(H,25,27)/p+1/t20-/m0/s1. The zero-order chi connectivity index (χ0) is 22.2. The maximum Gasteiger partial charge on any atom is 0.225 e. The van der Waals surface area contributed by atoms with E-state index in [0.29, 0.717) is 17.2 Å². The molecule has 7 heteroatoms. The molecular weight excluding hydrogens is 396 g/mol. The van der Waals surface area contributed by atoms with Crippen molar-refractivity contribution >= 4 is 5.91 Å². The molecule has 31 heavy (non-hydrogen) atoms. The van der Waals surface area contributed by atoms with Crippen molar-refractivity contribution in [3.8, 4) is 17.2 Å². The van der Waals surface area contributed by atoms with Crippen LogP contribution in [-0.2, 0) is 16.0 Å². The van der Waals surface area contributed by atoms with Crippen LogP contribution in [0.15, 0.2) is 36.4 Å². The second kappa shape index (κ2) is 11.0. The lowest BCUT2D eigenvalue weighted by atomic mass is 10.0. The summed E-state index contributed by atoms with van der Waals surface area (Å²) >= 11 is 0.